The van der Waals surface area contributed by atoms with E-state index < -0.39 is 0 Å². The largest absolute Gasteiger partial charge is 0.228 e. The second-order valence-corrected chi connectivity index (χ2v) is 11.8. The topological polar surface area (TPSA) is 25.8 Å². The van der Waals surface area contributed by atoms with Crippen LogP contribution < -0.4 is 0 Å². The van der Waals surface area contributed by atoms with Gasteiger partial charge in [-0.15, -0.1) is 0 Å². The summed E-state index contributed by atoms with van der Waals surface area (Å²) in [5, 5.41) is 2.52. The van der Waals surface area contributed by atoms with Gasteiger partial charge < -0.3 is 0 Å². The predicted molar refractivity (Wildman–Crippen MR) is 179 cm³/mol. The lowest BCUT2D eigenvalue weighted by atomic mass is 9.80. The van der Waals surface area contributed by atoms with Crippen LogP contribution in [-0.4, -0.2) is 9.97 Å². The second-order valence-electron chi connectivity index (χ2n) is 11.8. The van der Waals surface area contributed by atoms with Gasteiger partial charge in [0.1, 0.15) is 0 Å². The molecule has 2 heteroatoms. The van der Waals surface area contributed by atoms with E-state index in [0.717, 1.165) is 33.9 Å². The van der Waals surface area contributed by atoms with Crippen molar-refractivity contribution in [3.63, 3.8) is 0 Å². The Kier molecular flexibility index (Phi) is 5.84. The zero-order chi connectivity index (χ0) is 29.0. The van der Waals surface area contributed by atoms with Crippen LogP contribution >= 0.6 is 0 Å². The Hall–Kier alpha value is -5.34. The Labute approximate surface area is 252 Å². The van der Waals surface area contributed by atoms with Gasteiger partial charge in [-0.1, -0.05) is 141 Å². The van der Waals surface area contributed by atoms with Crippen molar-refractivity contribution in [2.45, 2.75) is 19.3 Å². The maximum absolute atomic E-state index is 5.12. The lowest BCUT2D eigenvalue weighted by molar-refractivity contribution is 0.661. The van der Waals surface area contributed by atoms with Crippen LogP contribution in [0, 0.1) is 0 Å². The van der Waals surface area contributed by atoms with Crippen LogP contribution in [0.25, 0.3) is 66.9 Å². The Morgan fingerprint density at radius 3 is 1.74 bits per heavy atom. The number of fused-ring (bicyclic) bond motifs is 4. The molecule has 0 spiro atoms. The van der Waals surface area contributed by atoms with E-state index in [9.17, 15) is 0 Å². The van der Waals surface area contributed by atoms with Crippen LogP contribution in [0.4, 0.5) is 0 Å². The molecule has 1 aliphatic rings. The van der Waals surface area contributed by atoms with Gasteiger partial charge in [0.05, 0.1) is 11.4 Å². The van der Waals surface area contributed by atoms with Crippen molar-refractivity contribution in [1.82, 2.24) is 9.97 Å². The van der Waals surface area contributed by atoms with E-state index in [-0.39, 0.29) is 5.41 Å². The van der Waals surface area contributed by atoms with Gasteiger partial charge in [-0.2, -0.15) is 0 Å². The van der Waals surface area contributed by atoms with E-state index >= 15 is 0 Å². The maximum Gasteiger partial charge on any atom is 0.160 e. The summed E-state index contributed by atoms with van der Waals surface area (Å²) in [5.41, 5.74) is 12.8. The van der Waals surface area contributed by atoms with Gasteiger partial charge in [-0.25, -0.2) is 9.97 Å². The van der Waals surface area contributed by atoms with Crippen molar-refractivity contribution in [3.05, 3.63) is 157 Å². The molecule has 0 aliphatic heterocycles. The molecule has 0 atom stereocenters. The van der Waals surface area contributed by atoms with E-state index in [2.05, 4.69) is 147 Å². The van der Waals surface area contributed by atoms with Gasteiger partial charge >= 0.3 is 0 Å². The van der Waals surface area contributed by atoms with Gasteiger partial charge in [0.15, 0.2) is 5.82 Å². The average molecular weight is 551 g/mol. The monoisotopic (exact) mass is 550 g/mol. The number of aromatic nitrogens is 2. The first-order chi connectivity index (χ1) is 21.1. The molecular weight excluding hydrogens is 520 g/mol. The molecule has 2 nitrogen and oxygen atoms in total. The maximum atomic E-state index is 5.12. The van der Waals surface area contributed by atoms with Crippen molar-refractivity contribution in [2.75, 3.05) is 0 Å². The van der Waals surface area contributed by atoms with E-state index in [1.165, 1.54) is 44.2 Å². The van der Waals surface area contributed by atoms with E-state index in [4.69, 9.17) is 9.97 Å². The van der Waals surface area contributed by atoms with Gasteiger partial charge in [0.2, 0.25) is 0 Å². The molecule has 1 aliphatic carbocycles. The minimum absolute atomic E-state index is 0.0833. The van der Waals surface area contributed by atoms with Crippen molar-refractivity contribution in [3.8, 4) is 56.2 Å². The summed E-state index contributed by atoms with van der Waals surface area (Å²) in [6, 6.07) is 51.7. The molecule has 6 aromatic carbocycles. The minimum Gasteiger partial charge on any atom is -0.228 e. The first-order valence-corrected chi connectivity index (χ1v) is 14.8. The third-order valence-electron chi connectivity index (χ3n) is 8.87. The Morgan fingerprint density at radius 1 is 0.442 bits per heavy atom. The van der Waals surface area contributed by atoms with Crippen molar-refractivity contribution >= 4 is 10.8 Å². The lowest BCUT2D eigenvalue weighted by Crippen LogP contribution is -2.14. The third-order valence-corrected chi connectivity index (χ3v) is 8.87. The minimum atomic E-state index is -0.0833. The molecule has 204 valence electrons. The van der Waals surface area contributed by atoms with Gasteiger partial charge in [0.25, 0.3) is 0 Å². The van der Waals surface area contributed by atoms with Crippen LogP contribution in [0.1, 0.15) is 25.0 Å². The summed E-state index contributed by atoms with van der Waals surface area (Å²) >= 11 is 0. The SMILES string of the molecule is CC1(C)c2ccccc2-c2c1cc1ccccc1c2-c1cccc(-c2nc(-c3ccccc3)cc(-c3ccccc3)n2)c1. The number of benzene rings is 6. The molecule has 0 fully saturated rings. The summed E-state index contributed by atoms with van der Waals surface area (Å²) in [4.78, 5) is 10.2. The molecule has 8 rings (SSSR count). The standard InChI is InChI=1S/C41H30N2/c1-41(2)34-23-12-11-22-33(34)39-35(41)25-29-18-9-10-21-32(29)38(39)30-19-13-20-31(24-30)40-42-36(27-14-5-3-6-15-27)26-37(43-40)28-16-7-4-8-17-28/h3-26H,1-2H3. The molecule has 0 N–H and O–H groups in total. The zero-order valence-electron chi connectivity index (χ0n) is 24.3. The highest BCUT2D eigenvalue weighted by molar-refractivity contribution is 6.08. The molecule has 0 saturated carbocycles. The average Bonchev–Trinajstić information content (AvgIpc) is 3.30. The van der Waals surface area contributed by atoms with Gasteiger partial charge in [-0.05, 0) is 62.4 Å². The third kappa shape index (κ3) is 4.18. The van der Waals surface area contributed by atoms with E-state index in [0.29, 0.717) is 0 Å². The van der Waals surface area contributed by atoms with Crippen molar-refractivity contribution < 1.29 is 0 Å². The summed E-state index contributed by atoms with van der Waals surface area (Å²) in [5.74, 6) is 0.722. The predicted octanol–water partition coefficient (Wildman–Crippen LogP) is 10.6. The smallest absolute Gasteiger partial charge is 0.160 e. The van der Waals surface area contributed by atoms with Crippen LogP contribution in [0.15, 0.2) is 146 Å². The van der Waals surface area contributed by atoms with Crippen molar-refractivity contribution in [1.29, 1.82) is 0 Å². The number of nitrogens with zero attached hydrogens (tertiary/aromatic N) is 2. The molecular formula is C41H30N2. The lowest BCUT2D eigenvalue weighted by Gasteiger charge is -2.23. The fraction of sp³-hybridized carbons (Fsp3) is 0.0732. The molecule has 0 amide bonds. The zero-order valence-corrected chi connectivity index (χ0v) is 24.3. The van der Waals surface area contributed by atoms with Gasteiger partial charge in [-0.3, -0.25) is 0 Å². The first-order valence-electron chi connectivity index (χ1n) is 14.8. The van der Waals surface area contributed by atoms with Gasteiger partial charge in [0, 0.05) is 22.1 Å². The molecule has 0 bridgehead atoms. The Bertz CT molecular complexity index is 2090. The quantitative estimate of drug-likeness (QED) is 0.218. The fourth-order valence-electron chi connectivity index (χ4n) is 6.72. The number of hydrogen-bond acceptors (Lipinski definition) is 2. The molecule has 0 saturated heterocycles. The molecule has 43 heavy (non-hydrogen) atoms. The molecule has 1 heterocycles. The summed E-state index contributed by atoms with van der Waals surface area (Å²) in [6.07, 6.45) is 0. The summed E-state index contributed by atoms with van der Waals surface area (Å²) in [6.45, 7) is 4.70. The normalized spacial score (nSPS) is 13.1. The van der Waals surface area contributed by atoms with E-state index in [1.54, 1.807) is 0 Å². The molecule has 7 aromatic rings. The van der Waals surface area contributed by atoms with Crippen LogP contribution in [0.5, 0.6) is 0 Å². The molecule has 0 radical (unpaired) electrons. The Balaban J connectivity index is 1.37. The summed E-state index contributed by atoms with van der Waals surface area (Å²) in [7, 11) is 0. The van der Waals surface area contributed by atoms with Crippen molar-refractivity contribution in [2.24, 2.45) is 0 Å². The summed E-state index contributed by atoms with van der Waals surface area (Å²) < 4.78 is 0. The second kappa shape index (κ2) is 9.89. The molecule has 1 aromatic heterocycles. The van der Waals surface area contributed by atoms with Crippen LogP contribution in [0.2, 0.25) is 0 Å². The fourth-order valence-corrected chi connectivity index (χ4v) is 6.72. The number of rotatable bonds is 4. The molecule has 0 unspecified atom stereocenters. The highest BCUT2D eigenvalue weighted by Crippen LogP contribution is 2.54. The van der Waals surface area contributed by atoms with E-state index in [1.807, 2.05) is 12.1 Å². The Morgan fingerprint density at radius 2 is 1.02 bits per heavy atom. The van der Waals surface area contributed by atoms with Crippen LogP contribution in [-0.2, 0) is 5.41 Å². The number of hydrogen-bond donors (Lipinski definition) is 0. The highest BCUT2D eigenvalue weighted by Gasteiger charge is 2.37. The van der Waals surface area contributed by atoms with Crippen LogP contribution in [0.3, 0.4) is 0 Å². The highest BCUT2D eigenvalue weighted by atomic mass is 14.9. The first kappa shape index (κ1) is 25.4.